The first-order chi connectivity index (χ1) is 14.1. The van der Waals surface area contributed by atoms with Gasteiger partial charge in [-0.05, 0) is 45.8 Å². The summed E-state index contributed by atoms with van der Waals surface area (Å²) < 4.78 is 0. The summed E-state index contributed by atoms with van der Waals surface area (Å²) >= 11 is 0. The van der Waals surface area contributed by atoms with Crippen molar-refractivity contribution in [2.75, 3.05) is 19.6 Å². The number of hydrogen-bond acceptors (Lipinski definition) is 4. The predicted molar refractivity (Wildman–Crippen MR) is 116 cm³/mol. The van der Waals surface area contributed by atoms with Crippen LogP contribution in [0.25, 0.3) is 0 Å². The van der Waals surface area contributed by atoms with Gasteiger partial charge in [-0.25, -0.2) is 0 Å². The molecular weight excluding hydrogens is 382 g/mol. The van der Waals surface area contributed by atoms with Gasteiger partial charge in [-0.15, -0.1) is 0 Å². The Hall–Kier alpha value is -2.57. The van der Waals surface area contributed by atoms with Gasteiger partial charge < -0.3 is 19.8 Å². The minimum absolute atomic E-state index is 0.0619. The van der Waals surface area contributed by atoms with Crippen LogP contribution in [0.1, 0.15) is 54.4 Å². The quantitative estimate of drug-likeness (QED) is 0.409. The van der Waals surface area contributed by atoms with Crippen LogP contribution in [0.5, 0.6) is 0 Å². The maximum absolute atomic E-state index is 13.4. The maximum Gasteiger partial charge on any atom is 0.255 e. The number of carbonyl (C=O) groups is 3. The van der Waals surface area contributed by atoms with Crippen LogP contribution >= 0.6 is 0 Å². The van der Waals surface area contributed by atoms with Crippen molar-refractivity contribution in [2.45, 2.75) is 66.6 Å². The van der Waals surface area contributed by atoms with Crippen LogP contribution in [0, 0.1) is 5.92 Å². The van der Waals surface area contributed by atoms with E-state index in [2.05, 4.69) is 13.8 Å². The van der Waals surface area contributed by atoms with Crippen LogP contribution in [0.3, 0.4) is 0 Å². The Morgan fingerprint density at radius 1 is 1.23 bits per heavy atom. The number of allylic oxidation sites excluding steroid dienone is 4. The summed E-state index contributed by atoms with van der Waals surface area (Å²) in [5.74, 6) is 0.0886. The van der Waals surface area contributed by atoms with Gasteiger partial charge >= 0.3 is 0 Å². The van der Waals surface area contributed by atoms with E-state index in [-0.39, 0.29) is 29.9 Å². The predicted octanol–water partition coefficient (Wildman–Crippen LogP) is 3.00. The van der Waals surface area contributed by atoms with Gasteiger partial charge in [0.2, 0.25) is 11.8 Å². The molecule has 2 saturated heterocycles. The van der Waals surface area contributed by atoms with Gasteiger partial charge in [-0.1, -0.05) is 31.9 Å². The standard InChI is InChI=1S/C23H35N3O4/c1-7-16(4)13-24-14-20-25(11-10-21(28)26(20)18(6)22(24)29)23(30)19(12-15(2)3)9-8-17(5)27/h8-9,12,16,18,20,27H,7,10-11,13-14H2,1-6H3/b17-8+,19-9+/t16?,18-,20?/m0/s1. The fourth-order valence-electron chi connectivity index (χ4n) is 3.92. The molecule has 3 amide bonds. The van der Waals surface area contributed by atoms with Crippen molar-refractivity contribution in [2.24, 2.45) is 5.92 Å². The average Bonchev–Trinajstić information content (AvgIpc) is 2.68. The molecule has 2 aliphatic rings. The molecule has 30 heavy (non-hydrogen) atoms. The van der Waals surface area contributed by atoms with Crippen molar-refractivity contribution in [1.29, 1.82) is 0 Å². The average molecular weight is 418 g/mol. The lowest BCUT2D eigenvalue weighted by molar-refractivity contribution is -0.172. The Kier molecular flexibility index (Phi) is 7.87. The molecule has 0 aromatic heterocycles. The molecule has 3 atom stereocenters. The van der Waals surface area contributed by atoms with E-state index in [1.54, 1.807) is 40.7 Å². The molecule has 166 valence electrons. The van der Waals surface area contributed by atoms with Crippen LogP contribution in [-0.4, -0.2) is 69.4 Å². The van der Waals surface area contributed by atoms with Crippen molar-refractivity contribution < 1.29 is 19.5 Å². The van der Waals surface area contributed by atoms with E-state index in [1.165, 1.54) is 6.08 Å². The van der Waals surface area contributed by atoms with E-state index in [0.29, 0.717) is 31.1 Å². The number of aliphatic hydroxyl groups is 1. The number of rotatable bonds is 6. The molecule has 0 bridgehead atoms. The highest BCUT2D eigenvalue weighted by molar-refractivity contribution is 5.98. The molecule has 0 spiro atoms. The molecule has 2 unspecified atom stereocenters. The number of hydrogen-bond donors (Lipinski definition) is 1. The van der Waals surface area contributed by atoms with Crippen molar-refractivity contribution in [3.8, 4) is 0 Å². The fourth-order valence-corrected chi connectivity index (χ4v) is 3.92. The van der Waals surface area contributed by atoms with E-state index in [1.807, 2.05) is 13.8 Å². The minimum Gasteiger partial charge on any atom is -0.513 e. The minimum atomic E-state index is -0.591. The van der Waals surface area contributed by atoms with E-state index >= 15 is 0 Å². The van der Waals surface area contributed by atoms with Crippen LogP contribution in [-0.2, 0) is 14.4 Å². The SMILES string of the molecule is CCC(C)CN1CC2N(C(=O)/C(C=C(C)C)=C/C=C(\C)O)CCC(=O)N2[C@@H](C)C1=O. The first-order valence-corrected chi connectivity index (χ1v) is 10.7. The van der Waals surface area contributed by atoms with Gasteiger partial charge in [0.15, 0.2) is 0 Å². The van der Waals surface area contributed by atoms with E-state index in [9.17, 15) is 19.5 Å². The Morgan fingerprint density at radius 2 is 1.90 bits per heavy atom. The molecule has 0 aromatic carbocycles. The topological polar surface area (TPSA) is 81.2 Å². The highest BCUT2D eigenvalue weighted by Crippen LogP contribution is 2.27. The molecule has 7 nitrogen and oxygen atoms in total. The zero-order chi connectivity index (χ0) is 22.6. The molecular formula is C23H35N3O4. The molecule has 2 heterocycles. The number of piperazine rings is 1. The molecule has 0 saturated carbocycles. The van der Waals surface area contributed by atoms with Gasteiger partial charge in [0.1, 0.15) is 12.2 Å². The molecule has 2 fully saturated rings. The highest BCUT2D eigenvalue weighted by Gasteiger charge is 2.47. The van der Waals surface area contributed by atoms with Crippen LogP contribution in [0.4, 0.5) is 0 Å². The molecule has 7 heteroatoms. The molecule has 0 aromatic rings. The first kappa shape index (κ1) is 23.7. The number of nitrogens with zero attached hydrogens (tertiary/aromatic N) is 3. The van der Waals surface area contributed by atoms with Gasteiger partial charge in [-0.2, -0.15) is 0 Å². The second-order valence-electron chi connectivity index (χ2n) is 8.61. The summed E-state index contributed by atoms with van der Waals surface area (Å²) in [5, 5.41) is 9.53. The van der Waals surface area contributed by atoms with E-state index in [0.717, 1.165) is 12.0 Å². The lowest BCUT2D eigenvalue weighted by Crippen LogP contribution is -2.71. The maximum atomic E-state index is 13.4. The highest BCUT2D eigenvalue weighted by atomic mass is 16.3. The second-order valence-corrected chi connectivity index (χ2v) is 8.61. The van der Waals surface area contributed by atoms with Crippen molar-refractivity contribution in [3.63, 3.8) is 0 Å². The lowest BCUT2D eigenvalue weighted by Gasteiger charge is -2.52. The third-order valence-corrected chi connectivity index (χ3v) is 5.69. The third-order valence-electron chi connectivity index (χ3n) is 5.69. The Morgan fingerprint density at radius 3 is 2.47 bits per heavy atom. The molecule has 1 N–H and O–H groups in total. The Bertz CT molecular complexity index is 775. The summed E-state index contributed by atoms with van der Waals surface area (Å²) in [4.78, 5) is 44.0. The van der Waals surface area contributed by atoms with Gasteiger partial charge in [0.25, 0.3) is 5.91 Å². The van der Waals surface area contributed by atoms with Crippen molar-refractivity contribution >= 4 is 17.7 Å². The lowest BCUT2D eigenvalue weighted by atomic mass is 10.0. The smallest absolute Gasteiger partial charge is 0.255 e. The van der Waals surface area contributed by atoms with E-state index < -0.39 is 12.2 Å². The summed E-state index contributed by atoms with van der Waals surface area (Å²) in [6.07, 6.45) is 5.53. The van der Waals surface area contributed by atoms with Gasteiger partial charge in [0.05, 0.1) is 12.3 Å². The second kappa shape index (κ2) is 9.96. The summed E-state index contributed by atoms with van der Waals surface area (Å²) in [7, 11) is 0. The fraction of sp³-hybridized carbons (Fsp3) is 0.609. The Balaban J connectivity index is 2.39. The van der Waals surface area contributed by atoms with Crippen LogP contribution in [0.15, 0.2) is 35.1 Å². The normalized spacial score (nSPS) is 24.0. The molecule has 0 radical (unpaired) electrons. The number of amides is 3. The first-order valence-electron chi connectivity index (χ1n) is 10.7. The number of carbonyl (C=O) groups excluding carboxylic acids is 3. The zero-order valence-corrected chi connectivity index (χ0v) is 19.0. The largest absolute Gasteiger partial charge is 0.513 e. The third kappa shape index (κ3) is 5.32. The number of aliphatic hydroxyl groups excluding tert-OH is 1. The van der Waals surface area contributed by atoms with Gasteiger partial charge in [-0.3, -0.25) is 14.4 Å². The monoisotopic (exact) mass is 417 g/mol. The summed E-state index contributed by atoms with van der Waals surface area (Å²) in [6.45, 7) is 12.5. The van der Waals surface area contributed by atoms with Crippen LogP contribution < -0.4 is 0 Å². The Labute approximate surface area is 179 Å². The number of fused-ring (bicyclic) bond motifs is 1. The van der Waals surface area contributed by atoms with Crippen molar-refractivity contribution in [1.82, 2.24) is 14.7 Å². The molecule has 2 rings (SSSR count). The van der Waals surface area contributed by atoms with E-state index in [4.69, 9.17) is 0 Å². The summed E-state index contributed by atoms with van der Waals surface area (Å²) in [6, 6.07) is -0.591. The van der Waals surface area contributed by atoms with Crippen molar-refractivity contribution in [3.05, 3.63) is 35.1 Å². The van der Waals surface area contributed by atoms with Crippen LogP contribution in [0.2, 0.25) is 0 Å². The molecule has 0 aliphatic carbocycles. The zero-order valence-electron chi connectivity index (χ0n) is 19.0. The molecule has 2 aliphatic heterocycles. The summed E-state index contributed by atoms with van der Waals surface area (Å²) in [5.41, 5.74) is 1.39. The van der Waals surface area contributed by atoms with Gasteiger partial charge in [0, 0.05) is 25.1 Å².